The first-order valence-corrected chi connectivity index (χ1v) is 7.91. The van der Waals surface area contributed by atoms with Crippen molar-refractivity contribution in [3.05, 3.63) is 53.7 Å². The lowest BCUT2D eigenvalue weighted by Crippen LogP contribution is -1.97. The van der Waals surface area contributed by atoms with E-state index in [4.69, 9.17) is 0 Å². The molecule has 0 aliphatic carbocycles. The smallest absolute Gasteiger partial charge is 0.0847 e. The summed E-state index contributed by atoms with van der Waals surface area (Å²) in [6, 6.07) is 10.4. The normalized spacial score (nSPS) is 9.50. The molecule has 0 aliphatic rings. The van der Waals surface area contributed by atoms with E-state index >= 15 is 0 Å². The molecule has 1 heterocycles. The zero-order valence-electron chi connectivity index (χ0n) is 13.1. The third-order valence-corrected chi connectivity index (χ3v) is 2.99. The molecule has 2 rings (SSSR count). The van der Waals surface area contributed by atoms with Crippen LogP contribution in [0.25, 0.3) is 10.9 Å². The summed E-state index contributed by atoms with van der Waals surface area (Å²) >= 11 is 3.53. The van der Waals surface area contributed by atoms with Crippen LogP contribution in [0.2, 0.25) is 0 Å². The number of nitrogens with zero attached hydrogens (tertiary/aromatic N) is 1. The molecule has 1 nitrogen and oxygen atoms in total. The second-order valence-electron chi connectivity index (χ2n) is 4.92. The topological polar surface area (TPSA) is 12.9 Å². The van der Waals surface area contributed by atoms with Crippen LogP contribution in [0, 0.1) is 5.92 Å². The minimum absolute atomic E-state index is 0.650. The summed E-state index contributed by atoms with van der Waals surface area (Å²) in [4.78, 5) is 4.67. The monoisotopic (exact) mass is 335 g/mol. The van der Waals surface area contributed by atoms with Crippen LogP contribution in [0.1, 0.15) is 39.8 Å². The summed E-state index contributed by atoms with van der Waals surface area (Å²) in [6.45, 7) is 14.7. The lowest BCUT2D eigenvalue weighted by Gasteiger charge is -2.06. The van der Waals surface area contributed by atoms with E-state index < -0.39 is 0 Å². The van der Waals surface area contributed by atoms with Gasteiger partial charge in [-0.15, -0.1) is 13.2 Å². The van der Waals surface area contributed by atoms with Crippen molar-refractivity contribution in [2.24, 2.45) is 5.92 Å². The molecular formula is C18H26BrN. The predicted octanol–water partition coefficient (Wildman–Crippen LogP) is 6.41. The molecule has 0 fully saturated rings. The van der Waals surface area contributed by atoms with Crippen molar-refractivity contribution in [1.29, 1.82) is 0 Å². The SMILES string of the molecule is C=C.CC(C)Cc1ccc2cccc(Br)c2n1.CCC. The molecule has 0 amide bonds. The molecule has 2 aromatic rings. The van der Waals surface area contributed by atoms with Gasteiger partial charge >= 0.3 is 0 Å². The van der Waals surface area contributed by atoms with Crippen molar-refractivity contribution >= 4 is 26.8 Å². The van der Waals surface area contributed by atoms with Gasteiger partial charge in [-0.2, -0.15) is 0 Å². The summed E-state index contributed by atoms with van der Waals surface area (Å²) in [5.74, 6) is 0.650. The zero-order valence-corrected chi connectivity index (χ0v) is 14.7. The van der Waals surface area contributed by atoms with E-state index in [2.05, 4.69) is 80.0 Å². The summed E-state index contributed by atoms with van der Waals surface area (Å²) in [7, 11) is 0. The van der Waals surface area contributed by atoms with Gasteiger partial charge in [-0.1, -0.05) is 52.3 Å². The van der Waals surface area contributed by atoms with Crippen LogP contribution < -0.4 is 0 Å². The molecule has 0 aliphatic heterocycles. The van der Waals surface area contributed by atoms with Crippen LogP contribution in [0.5, 0.6) is 0 Å². The van der Waals surface area contributed by atoms with E-state index in [1.54, 1.807) is 0 Å². The van der Waals surface area contributed by atoms with Crippen molar-refractivity contribution in [3.8, 4) is 0 Å². The second kappa shape index (κ2) is 10.6. The first kappa shape index (κ1) is 18.9. The number of aromatic nitrogens is 1. The molecule has 0 saturated heterocycles. The Labute approximate surface area is 132 Å². The van der Waals surface area contributed by atoms with Gasteiger partial charge in [0.2, 0.25) is 0 Å². The number of hydrogen-bond acceptors (Lipinski definition) is 1. The molecule has 0 atom stereocenters. The Hall–Kier alpha value is -1.15. The Morgan fingerprint density at radius 3 is 2.25 bits per heavy atom. The molecule has 0 spiro atoms. The number of pyridine rings is 1. The maximum absolute atomic E-state index is 4.67. The molecule has 1 aromatic carbocycles. The third kappa shape index (κ3) is 6.33. The quantitative estimate of drug-likeness (QED) is 0.577. The molecule has 2 heteroatoms. The maximum Gasteiger partial charge on any atom is 0.0847 e. The van der Waals surface area contributed by atoms with E-state index in [9.17, 15) is 0 Å². The van der Waals surface area contributed by atoms with E-state index in [1.165, 1.54) is 17.5 Å². The van der Waals surface area contributed by atoms with Crippen molar-refractivity contribution in [2.45, 2.75) is 40.5 Å². The first-order chi connectivity index (χ1) is 9.58. The van der Waals surface area contributed by atoms with Crippen LogP contribution in [-0.2, 0) is 6.42 Å². The van der Waals surface area contributed by atoms with Crippen LogP contribution in [0.15, 0.2) is 48.0 Å². The van der Waals surface area contributed by atoms with E-state index in [0.717, 1.165) is 16.4 Å². The number of para-hydroxylation sites is 1. The minimum Gasteiger partial charge on any atom is -0.252 e. The second-order valence-corrected chi connectivity index (χ2v) is 5.77. The van der Waals surface area contributed by atoms with Crippen LogP contribution >= 0.6 is 15.9 Å². The standard InChI is InChI=1S/C13H14BrN.C3H8.C2H4/c1-9(2)8-11-7-6-10-4-3-5-12(14)13(10)15-11;1-3-2;1-2/h3-7,9H,8H2,1-2H3;3H2,1-2H3;1-2H2. The van der Waals surface area contributed by atoms with Gasteiger partial charge in [0.25, 0.3) is 0 Å². The average Bonchev–Trinajstić information content (AvgIpc) is 2.42. The fourth-order valence-electron chi connectivity index (χ4n) is 1.68. The van der Waals surface area contributed by atoms with Crippen molar-refractivity contribution < 1.29 is 0 Å². The third-order valence-electron chi connectivity index (χ3n) is 2.35. The highest BCUT2D eigenvalue weighted by Crippen LogP contribution is 2.22. The minimum atomic E-state index is 0.650. The van der Waals surface area contributed by atoms with Gasteiger partial charge in [0.05, 0.1) is 5.52 Å². The summed E-state index contributed by atoms with van der Waals surface area (Å²) < 4.78 is 1.07. The zero-order chi connectivity index (χ0) is 15.5. The van der Waals surface area contributed by atoms with Gasteiger partial charge in [-0.3, -0.25) is 4.98 Å². The molecular weight excluding hydrogens is 310 g/mol. The first-order valence-electron chi connectivity index (χ1n) is 7.12. The van der Waals surface area contributed by atoms with E-state index in [-0.39, 0.29) is 0 Å². The highest BCUT2D eigenvalue weighted by Gasteiger charge is 2.03. The van der Waals surface area contributed by atoms with Crippen LogP contribution in [-0.4, -0.2) is 4.98 Å². The Balaban J connectivity index is 0.000000641. The van der Waals surface area contributed by atoms with Crippen LogP contribution in [0.3, 0.4) is 0 Å². The molecule has 0 radical (unpaired) electrons. The average molecular weight is 336 g/mol. The summed E-state index contributed by atoms with van der Waals surface area (Å²) in [5.41, 5.74) is 2.24. The molecule has 0 bridgehead atoms. The molecule has 0 unspecified atom stereocenters. The molecule has 1 aromatic heterocycles. The molecule has 110 valence electrons. The Morgan fingerprint density at radius 2 is 1.70 bits per heavy atom. The highest BCUT2D eigenvalue weighted by molar-refractivity contribution is 9.10. The fraction of sp³-hybridized carbons (Fsp3) is 0.389. The van der Waals surface area contributed by atoms with E-state index in [0.29, 0.717) is 5.92 Å². The van der Waals surface area contributed by atoms with Crippen LogP contribution in [0.4, 0.5) is 0 Å². The molecule has 0 saturated carbocycles. The Bertz CT molecular complexity index is 506. The van der Waals surface area contributed by atoms with Gasteiger partial charge in [0, 0.05) is 15.6 Å². The summed E-state index contributed by atoms with van der Waals surface area (Å²) in [5, 5.41) is 1.19. The number of halogens is 1. The van der Waals surface area contributed by atoms with Gasteiger partial charge in [-0.25, -0.2) is 0 Å². The number of fused-ring (bicyclic) bond motifs is 1. The van der Waals surface area contributed by atoms with Crippen molar-refractivity contribution in [2.75, 3.05) is 0 Å². The maximum atomic E-state index is 4.67. The van der Waals surface area contributed by atoms with Gasteiger partial charge in [0.1, 0.15) is 0 Å². The van der Waals surface area contributed by atoms with Crippen molar-refractivity contribution in [3.63, 3.8) is 0 Å². The largest absolute Gasteiger partial charge is 0.252 e. The Kier molecular flexibility index (Phi) is 10.0. The van der Waals surface area contributed by atoms with Gasteiger partial charge in [0.15, 0.2) is 0 Å². The Morgan fingerprint density at radius 1 is 1.10 bits per heavy atom. The summed E-state index contributed by atoms with van der Waals surface area (Å²) in [6.07, 6.45) is 2.29. The fourth-order valence-corrected chi connectivity index (χ4v) is 2.15. The molecule has 20 heavy (non-hydrogen) atoms. The number of rotatable bonds is 2. The number of benzene rings is 1. The lowest BCUT2D eigenvalue weighted by molar-refractivity contribution is 0.637. The highest BCUT2D eigenvalue weighted by atomic mass is 79.9. The van der Waals surface area contributed by atoms with Gasteiger partial charge < -0.3 is 0 Å². The number of hydrogen-bond donors (Lipinski definition) is 0. The lowest BCUT2D eigenvalue weighted by atomic mass is 10.1. The van der Waals surface area contributed by atoms with E-state index in [1.807, 2.05) is 12.1 Å². The predicted molar refractivity (Wildman–Crippen MR) is 95.2 cm³/mol. The van der Waals surface area contributed by atoms with Gasteiger partial charge in [-0.05, 0) is 40.4 Å². The van der Waals surface area contributed by atoms with Crippen molar-refractivity contribution in [1.82, 2.24) is 4.98 Å². The molecule has 0 N–H and O–H groups in total.